The lowest BCUT2D eigenvalue weighted by atomic mass is 9.78. The number of hydrogen-bond acceptors (Lipinski definition) is 4. The fourth-order valence-corrected chi connectivity index (χ4v) is 4.17. The second-order valence-electron chi connectivity index (χ2n) is 8.00. The summed E-state index contributed by atoms with van der Waals surface area (Å²) in [6.07, 6.45) is 3.80. The lowest BCUT2D eigenvalue weighted by Crippen LogP contribution is -2.43. The van der Waals surface area contributed by atoms with Crippen molar-refractivity contribution in [3.05, 3.63) is 132 Å². The molecule has 4 aromatic carbocycles. The maximum Gasteiger partial charge on any atom is 0.488 e. The number of hydrogen-bond donors (Lipinski definition) is 3. The van der Waals surface area contributed by atoms with Crippen LogP contribution in [0.1, 0.15) is 16.7 Å². The molecular weight excluding hydrogens is 407 g/mol. The molecule has 5 heteroatoms. The quantitative estimate of drug-likeness (QED) is 0.420. The molecule has 0 saturated carbocycles. The number of aliphatic imine (C=N–C) groups is 1. The Labute approximate surface area is 193 Å². The largest absolute Gasteiger partial charge is 0.488 e. The first-order valence-electron chi connectivity index (χ1n) is 10.9. The van der Waals surface area contributed by atoms with Gasteiger partial charge in [-0.25, -0.2) is 0 Å². The lowest BCUT2D eigenvalue weighted by molar-refractivity contribution is 0.425. The highest BCUT2D eigenvalue weighted by Crippen LogP contribution is 2.36. The summed E-state index contributed by atoms with van der Waals surface area (Å²) >= 11 is 0. The Bertz CT molecular complexity index is 1290. The van der Waals surface area contributed by atoms with Crippen molar-refractivity contribution in [1.29, 1.82) is 0 Å². The lowest BCUT2D eigenvalue weighted by Gasteiger charge is -2.36. The van der Waals surface area contributed by atoms with E-state index < -0.39 is 12.8 Å². The Morgan fingerprint density at radius 2 is 1.12 bits per heavy atom. The summed E-state index contributed by atoms with van der Waals surface area (Å²) in [4.78, 5) is 4.92. The molecule has 1 unspecified atom stereocenters. The van der Waals surface area contributed by atoms with Gasteiger partial charge < -0.3 is 15.4 Å². The van der Waals surface area contributed by atoms with Crippen LogP contribution in [0, 0.1) is 0 Å². The predicted octanol–water partition coefficient (Wildman–Crippen LogP) is 3.95. The molecule has 1 aliphatic rings. The topological polar surface area (TPSA) is 64.8 Å². The van der Waals surface area contributed by atoms with Gasteiger partial charge in [0.15, 0.2) is 5.66 Å². The third-order valence-corrected chi connectivity index (χ3v) is 5.95. The zero-order valence-electron chi connectivity index (χ0n) is 18.0. The van der Waals surface area contributed by atoms with Crippen molar-refractivity contribution in [2.45, 2.75) is 5.66 Å². The molecule has 0 saturated heterocycles. The molecule has 0 aliphatic carbocycles. The maximum absolute atomic E-state index is 9.54. The Hall–Kier alpha value is -3.93. The number of nitrogens with zero attached hydrogens (tertiary/aromatic N) is 1. The molecule has 5 rings (SSSR count). The Morgan fingerprint density at radius 3 is 1.70 bits per heavy atom. The van der Waals surface area contributed by atoms with Crippen molar-refractivity contribution in [3.8, 4) is 11.1 Å². The standard InChI is InChI=1S/C28H23BN2O2/c32-29(33)26-17-15-25(16-18-26)28(30-20-19-27(31-28)23-9-5-2-6-10-23)24-13-11-22(12-14-24)21-7-3-1-4-8-21/h1-20,31-33H. The fourth-order valence-electron chi connectivity index (χ4n) is 4.17. The van der Waals surface area contributed by atoms with Crippen molar-refractivity contribution < 1.29 is 10.0 Å². The summed E-state index contributed by atoms with van der Waals surface area (Å²) in [5.74, 6) is 0. The SMILES string of the molecule is OB(O)c1ccc(C2(c3ccc(-c4ccccc4)cc3)N=CC=C(c3ccccc3)N2)cc1. The monoisotopic (exact) mass is 430 g/mol. The van der Waals surface area contributed by atoms with Crippen molar-refractivity contribution >= 4 is 24.5 Å². The number of rotatable bonds is 5. The predicted molar refractivity (Wildman–Crippen MR) is 135 cm³/mol. The number of nitrogens with one attached hydrogen (secondary N) is 1. The summed E-state index contributed by atoms with van der Waals surface area (Å²) in [7, 11) is -1.51. The van der Waals surface area contributed by atoms with Crippen LogP contribution in [0.25, 0.3) is 16.8 Å². The van der Waals surface area contributed by atoms with Crippen LogP contribution in [-0.4, -0.2) is 23.4 Å². The zero-order chi connectivity index (χ0) is 22.7. The van der Waals surface area contributed by atoms with Gasteiger partial charge in [0.1, 0.15) is 0 Å². The molecule has 160 valence electrons. The van der Waals surface area contributed by atoms with E-state index in [9.17, 15) is 10.0 Å². The first-order chi connectivity index (χ1) is 16.2. The van der Waals surface area contributed by atoms with E-state index in [-0.39, 0.29) is 0 Å². The third kappa shape index (κ3) is 4.12. The second-order valence-corrected chi connectivity index (χ2v) is 8.00. The molecule has 0 spiro atoms. The van der Waals surface area contributed by atoms with E-state index in [2.05, 4.69) is 53.8 Å². The van der Waals surface area contributed by atoms with Crippen LogP contribution in [-0.2, 0) is 5.66 Å². The first-order valence-corrected chi connectivity index (χ1v) is 10.9. The molecule has 1 heterocycles. The van der Waals surface area contributed by atoms with E-state index in [1.54, 1.807) is 12.1 Å². The average Bonchev–Trinajstić information content (AvgIpc) is 2.90. The molecule has 33 heavy (non-hydrogen) atoms. The van der Waals surface area contributed by atoms with Gasteiger partial charge >= 0.3 is 7.12 Å². The van der Waals surface area contributed by atoms with Gasteiger partial charge in [-0.2, -0.15) is 0 Å². The van der Waals surface area contributed by atoms with E-state index in [1.165, 1.54) is 0 Å². The van der Waals surface area contributed by atoms with Gasteiger partial charge in [-0.1, -0.05) is 109 Å². The van der Waals surface area contributed by atoms with Gasteiger partial charge in [-0.05, 0) is 28.2 Å². The minimum absolute atomic E-state index is 0.437. The number of benzene rings is 4. The van der Waals surface area contributed by atoms with Crippen LogP contribution in [0.5, 0.6) is 0 Å². The molecule has 0 fully saturated rings. The van der Waals surface area contributed by atoms with Gasteiger partial charge in [0.2, 0.25) is 0 Å². The molecule has 4 aromatic rings. The highest BCUT2D eigenvalue weighted by atomic mass is 16.4. The van der Waals surface area contributed by atoms with E-state index in [0.717, 1.165) is 33.5 Å². The second kappa shape index (κ2) is 8.90. The number of allylic oxidation sites excluding steroid dienone is 1. The summed E-state index contributed by atoms with van der Waals surface area (Å²) in [6.45, 7) is 0. The molecule has 0 amide bonds. The van der Waals surface area contributed by atoms with Crippen LogP contribution in [0.4, 0.5) is 0 Å². The van der Waals surface area contributed by atoms with Crippen molar-refractivity contribution in [3.63, 3.8) is 0 Å². The van der Waals surface area contributed by atoms with Gasteiger partial charge in [-0.3, -0.25) is 4.99 Å². The minimum Gasteiger partial charge on any atom is -0.423 e. The molecule has 3 N–H and O–H groups in total. The summed E-state index contributed by atoms with van der Waals surface area (Å²) in [5, 5.41) is 22.7. The average molecular weight is 430 g/mol. The highest BCUT2D eigenvalue weighted by Gasteiger charge is 2.36. The highest BCUT2D eigenvalue weighted by molar-refractivity contribution is 6.58. The Balaban J connectivity index is 1.59. The summed E-state index contributed by atoms with van der Waals surface area (Å²) < 4.78 is 0. The molecule has 0 bridgehead atoms. The van der Waals surface area contributed by atoms with Gasteiger partial charge in [-0.15, -0.1) is 0 Å². The molecule has 0 aromatic heterocycles. The Morgan fingerprint density at radius 1 is 0.606 bits per heavy atom. The van der Waals surface area contributed by atoms with Crippen LogP contribution in [0.3, 0.4) is 0 Å². The van der Waals surface area contributed by atoms with E-state index in [1.807, 2.05) is 60.8 Å². The van der Waals surface area contributed by atoms with Crippen molar-refractivity contribution in [1.82, 2.24) is 5.32 Å². The smallest absolute Gasteiger partial charge is 0.423 e. The molecule has 0 radical (unpaired) electrons. The summed E-state index contributed by atoms with van der Waals surface area (Å²) in [5.41, 5.74) is 5.78. The summed E-state index contributed by atoms with van der Waals surface area (Å²) in [6, 6.07) is 36.0. The molecule has 1 aliphatic heterocycles. The van der Waals surface area contributed by atoms with Crippen molar-refractivity contribution in [2.75, 3.05) is 0 Å². The third-order valence-electron chi connectivity index (χ3n) is 5.95. The van der Waals surface area contributed by atoms with Crippen LogP contribution in [0.15, 0.2) is 120 Å². The van der Waals surface area contributed by atoms with E-state index in [0.29, 0.717) is 5.46 Å². The van der Waals surface area contributed by atoms with E-state index >= 15 is 0 Å². The Kier molecular flexibility index (Phi) is 5.65. The fraction of sp³-hybridized carbons (Fsp3) is 0.0357. The van der Waals surface area contributed by atoms with Gasteiger partial charge in [0.05, 0.1) is 0 Å². The van der Waals surface area contributed by atoms with Gasteiger partial charge in [0, 0.05) is 23.0 Å². The zero-order valence-corrected chi connectivity index (χ0v) is 18.0. The van der Waals surface area contributed by atoms with Crippen LogP contribution < -0.4 is 10.8 Å². The maximum atomic E-state index is 9.54. The molecule has 1 atom stereocenters. The van der Waals surface area contributed by atoms with Crippen LogP contribution in [0.2, 0.25) is 0 Å². The normalized spacial score (nSPS) is 17.2. The molecular formula is C28H23BN2O2. The molecule has 4 nitrogen and oxygen atoms in total. The minimum atomic E-state index is -1.51. The van der Waals surface area contributed by atoms with Gasteiger partial charge in [0.25, 0.3) is 0 Å². The van der Waals surface area contributed by atoms with Crippen molar-refractivity contribution in [2.24, 2.45) is 4.99 Å². The van der Waals surface area contributed by atoms with E-state index in [4.69, 9.17) is 4.99 Å². The van der Waals surface area contributed by atoms with Crippen LogP contribution >= 0.6 is 0 Å². The first kappa shape index (κ1) is 20.9.